The Hall–Kier alpha value is -2.47. The van der Waals surface area contributed by atoms with Gasteiger partial charge in [0.05, 0.1) is 5.69 Å². The summed E-state index contributed by atoms with van der Waals surface area (Å²) in [5.41, 5.74) is 2.99. The minimum atomic E-state index is 0.303. The first kappa shape index (κ1) is 18.3. The summed E-state index contributed by atoms with van der Waals surface area (Å²) in [4.78, 5) is 13.5. The van der Waals surface area contributed by atoms with Gasteiger partial charge in [-0.2, -0.15) is 4.98 Å². The fourth-order valence-electron chi connectivity index (χ4n) is 2.43. The van der Waals surface area contributed by atoms with Gasteiger partial charge in [-0.25, -0.2) is 4.98 Å². The topological polar surface area (TPSA) is 62.7 Å². The number of nitrogens with one attached hydrogen (secondary N) is 2. The van der Waals surface area contributed by atoms with Gasteiger partial charge in [-0.3, -0.25) is 4.98 Å². The SMILES string of the molecule is CC[C@H](C)Nc1nc(NCc2cccc(Br)c2)cc(-c2cccnc2)n1. The van der Waals surface area contributed by atoms with E-state index in [0.29, 0.717) is 18.5 Å². The molecule has 0 radical (unpaired) electrons. The van der Waals surface area contributed by atoms with Crippen molar-refractivity contribution in [3.63, 3.8) is 0 Å². The molecule has 2 heterocycles. The maximum Gasteiger partial charge on any atom is 0.225 e. The van der Waals surface area contributed by atoms with Gasteiger partial charge in [-0.05, 0) is 43.2 Å². The molecule has 0 spiro atoms. The third-order valence-electron chi connectivity index (χ3n) is 4.03. The van der Waals surface area contributed by atoms with Gasteiger partial charge >= 0.3 is 0 Å². The van der Waals surface area contributed by atoms with Crippen LogP contribution in [0.1, 0.15) is 25.8 Å². The molecule has 0 aliphatic heterocycles. The van der Waals surface area contributed by atoms with Gasteiger partial charge in [0, 0.05) is 41.1 Å². The summed E-state index contributed by atoms with van der Waals surface area (Å²) in [5.74, 6) is 1.40. The lowest BCUT2D eigenvalue weighted by Crippen LogP contribution is -2.16. The molecular formula is C20H22BrN5. The molecule has 134 valence electrons. The van der Waals surface area contributed by atoms with Gasteiger partial charge < -0.3 is 10.6 Å². The molecule has 2 aromatic heterocycles. The van der Waals surface area contributed by atoms with Crippen LogP contribution < -0.4 is 10.6 Å². The van der Waals surface area contributed by atoms with Gasteiger partial charge in [0.25, 0.3) is 0 Å². The van der Waals surface area contributed by atoms with Gasteiger partial charge in [-0.15, -0.1) is 0 Å². The highest BCUT2D eigenvalue weighted by Gasteiger charge is 2.09. The zero-order chi connectivity index (χ0) is 18.4. The highest BCUT2D eigenvalue weighted by atomic mass is 79.9. The lowest BCUT2D eigenvalue weighted by Gasteiger charge is -2.14. The van der Waals surface area contributed by atoms with Crippen molar-refractivity contribution in [1.82, 2.24) is 15.0 Å². The number of nitrogens with zero attached hydrogens (tertiary/aromatic N) is 3. The second-order valence-electron chi connectivity index (χ2n) is 6.14. The van der Waals surface area contributed by atoms with Crippen LogP contribution in [-0.2, 0) is 6.54 Å². The molecule has 3 rings (SSSR count). The summed E-state index contributed by atoms with van der Waals surface area (Å²) in [6.07, 6.45) is 4.57. The number of aromatic nitrogens is 3. The number of halogens is 1. The molecule has 0 unspecified atom stereocenters. The van der Waals surface area contributed by atoms with Crippen molar-refractivity contribution >= 4 is 27.7 Å². The van der Waals surface area contributed by atoms with Crippen LogP contribution in [0.5, 0.6) is 0 Å². The first-order valence-corrected chi connectivity index (χ1v) is 9.47. The molecule has 0 aliphatic carbocycles. The van der Waals surface area contributed by atoms with Crippen LogP contribution in [0.15, 0.2) is 59.3 Å². The Morgan fingerprint density at radius 2 is 2.00 bits per heavy atom. The Balaban J connectivity index is 1.86. The highest BCUT2D eigenvalue weighted by molar-refractivity contribution is 9.10. The molecule has 0 saturated heterocycles. The molecule has 2 N–H and O–H groups in total. The van der Waals surface area contributed by atoms with E-state index in [1.54, 1.807) is 6.20 Å². The van der Waals surface area contributed by atoms with Crippen molar-refractivity contribution in [2.75, 3.05) is 10.6 Å². The van der Waals surface area contributed by atoms with Crippen molar-refractivity contribution < 1.29 is 0 Å². The molecule has 6 heteroatoms. The number of hydrogen-bond acceptors (Lipinski definition) is 5. The van der Waals surface area contributed by atoms with E-state index in [1.807, 2.05) is 36.5 Å². The molecule has 3 aromatic rings. The molecule has 0 fully saturated rings. The van der Waals surface area contributed by atoms with Crippen molar-refractivity contribution in [3.8, 4) is 11.3 Å². The van der Waals surface area contributed by atoms with Gasteiger partial charge in [0.1, 0.15) is 5.82 Å². The lowest BCUT2D eigenvalue weighted by atomic mass is 10.2. The fourth-order valence-corrected chi connectivity index (χ4v) is 2.87. The average molecular weight is 412 g/mol. The predicted octanol–water partition coefficient (Wildman–Crippen LogP) is 5.12. The van der Waals surface area contributed by atoms with Gasteiger partial charge in [-0.1, -0.05) is 35.0 Å². The van der Waals surface area contributed by atoms with Crippen molar-refractivity contribution in [2.45, 2.75) is 32.9 Å². The smallest absolute Gasteiger partial charge is 0.225 e. The van der Waals surface area contributed by atoms with Crippen molar-refractivity contribution in [1.29, 1.82) is 0 Å². The van der Waals surface area contributed by atoms with Crippen LogP contribution in [0.3, 0.4) is 0 Å². The van der Waals surface area contributed by atoms with E-state index in [4.69, 9.17) is 0 Å². The summed E-state index contributed by atoms with van der Waals surface area (Å²) in [7, 11) is 0. The van der Waals surface area contributed by atoms with Crippen LogP contribution in [0.2, 0.25) is 0 Å². The second kappa shape index (κ2) is 8.76. The summed E-state index contributed by atoms with van der Waals surface area (Å²) < 4.78 is 1.06. The highest BCUT2D eigenvalue weighted by Crippen LogP contribution is 2.22. The van der Waals surface area contributed by atoms with Crippen LogP contribution in [0.4, 0.5) is 11.8 Å². The maximum atomic E-state index is 4.65. The van der Waals surface area contributed by atoms with Crippen LogP contribution in [-0.4, -0.2) is 21.0 Å². The Labute approximate surface area is 162 Å². The Morgan fingerprint density at radius 3 is 2.73 bits per heavy atom. The molecule has 0 amide bonds. The lowest BCUT2D eigenvalue weighted by molar-refractivity contribution is 0.753. The van der Waals surface area contributed by atoms with Crippen molar-refractivity contribution in [2.24, 2.45) is 0 Å². The Bertz CT molecular complexity index is 854. The minimum absolute atomic E-state index is 0.303. The maximum absolute atomic E-state index is 4.65. The Kier molecular flexibility index (Phi) is 6.17. The standard InChI is InChI=1S/C20H22BrN5/c1-3-14(2)24-20-25-18(16-7-5-9-22-13-16)11-19(26-20)23-12-15-6-4-8-17(21)10-15/h4-11,13-14H,3,12H2,1-2H3,(H2,23,24,25,26)/t14-/m0/s1. The van der Waals surface area contributed by atoms with Crippen LogP contribution >= 0.6 is 15.9 Å². The zero-order valence-corrected chi connectivity index (χ0v) is 16.5. The molecular weight excluding hydrogens is 390 g/mol. The summed E-state index contributed by atoms with van der Waals surface area (Å²) in [5, 5.41) is 6.76. The number of hydrogen-bond donors (Lipinski definition) is 2. The second-order valence-corrected chi connectivity index (χ2v) is 7.06. The fraction of sp³-hybridized carbons (Fsp3) is 0.250. The average Bonchev–Trinajstić information content (AvgIpc) is 2.67. The third-order valence-corrected chi connectivity index (χ3v) is 4.53. The summed E-state index contributed by atoms with van der Waals surface area (Å²) >= 11 is 3.51. The molecule has 0 saturated carbocycles. The molecule has 1 aromatic carbocycles. The third kappa shape index (κ3) is 5.02. The normalized spacial score (nSPS) is 11.8. The van der Waals surface area contributed by atoms with Crippen LogP contribution in [0.25, 0.3) is 11.3 Å². The van der Waals surface area contributed by atoms with Gasteiger partial charge in [0.2, 0.25) is 5.95 Å². The molecule has 0 aliphatic rings. The van der Waals surface area contributed by atoms with E-state index in [9.17, 15) is 0 Å². The van der Waals surface area contributed by atoms with E-state index in [1.165, 1.54) is 5.56 Å². The molecule has 5 nitrogen and oxygen atoms in total. The molecule has 26 heavy (non-hydrogen) atoms. The quantitative estimate of drug-likeness (QED) is 0.564. The largest absolute Gasteiger partial charge is 0.366 e. The number of anilines is 2. The van der Waals surface area contributed by atoms with Gasteiger partial charge in [0.15, 0.2) is 0 Å². The number of pyridine rings is 1. The van der Waals surface area contributed by atoms with Crippen molar-refractivity contribution in [3.05, 3.63) is 64.9 Å². The first-order valence-electron chi connectivity index (χ1n) is 8.68. The number of rotatable bonds is 7. The Morgan fingerprint density at radius 1 is 1.12 bits per heavy atom. The van der Waals surface area contributed by atoms with E-state index in [2.05, 4.69) is 67.5 Å². The minimum Gasteiger partial charge on any atom is -0.366 e. The first-order chi connectivity index (χ1) is 12.6. The zero-order valence-electron chi connectivity index (χ0n) is 14.9. The van der Waals surface area contributed by atoms with E-state index >= 15 is 0 Å². The van der Waals surface area contributed by atoms with E-state index in [0.717, 1.165) is 28.0 Å². The van der Waals surface area contributed by atoms with E-state index < -0.39 is 0 Å². The predicted molar refractivity (Wildman–Crippen MR) is 110 cm³/mol. The number of benzene rings is 1. The molecule has 1 atom stereocenters. The monoisotopic (exact) mass is 411 g/mol. The summed E-state index contributed by atoms with van der Waals surface area (Å²) in [6, 6.07) is 14.4. The summed E-state index contributed by atoms with van der Waals surface area (Å²) in [6.45, 7) is 4.94. The molecule has 0 bridgehead atoms. The van der Waals surface area contributed by atoms with E-state index in [-0.39, 0.29) is 0 Å². The van der Waals surface area contributed by atoms with Crippen LogP contribution in [0, 0.1) is 0 Å².